The highest BCUT2D eigenvalue weighted by molar-refractivity contribution is 6.42. The van der Waals surface area contributed by atoms with Gasteiger partial charge in [0, 0.05) is 13.1 Å². The molecule has 0 amide bonds. The number of ether oxygens (including phenoxy) is 1. The van der Waals surface area contributed by atoms with E-state index in [2.05, 4.69) is 5.10 Å². The average Bonchev–Trinajstić information content (AvgIpc) is 2.58. The van der Waals surface area contributed by atoms with Crippen molar-refractivity contribution in [2.24, 2.45) is 7.05 Å². The Kier molecular flexibility index (Phi) is 3.80. The minimum absolute atomic E-state index is 0.129. The number of aliphatic hydroxyl groups is 1. The number of hydrogen-bond donors (Lipinski definition) is 1. The molecule has 0 atom stereocenters. The standard InChI is InChI=1S/C12H12Cl2N2O2/c1-7-9(6-17)12(16(2)15-7)18-8-3-4-10(13)11(14)5-8/h3-5,17H,6H2,1-2H3. The van der Waals surface area contributed by atoms with Gasteiger partial charge in [-0.25, -0.2) is 4.68 Å². The molecule has 0 spiro atoms. The fraction of sp³-hybridized carbons (Fsp3) is 0.250. The normalized spacial score (nSPS) is 10.7. The Hall–Kier alpha value is -1.23. The van der Waals surface area contributed by atoms with Crippen LogP contribution >= 0.6 is 23.2 Å². The second-order valence-corrected chi connectivity index (χ2v) is 4.64. The smallest absolute Gasteiger partial charge is 0.223 e. The van der Waals surface area contributed by atoms with E-state index in [1.807, 2.05) is 6.92 Å². The van der Waals surface area contributed by atoms with E-state index in [-0.39, 0.29) is 6.61 Å². The summed E-state index contributed by atoms with van der Waals surface area (Å²) in [4.78, 5) is 0. The number of halogens is 2. The zero-order valence-electron chi connectivity index (χ0n) is 9.94. The Labute approximate surface area is 115 Å². The number of nitrogens with zero attached hydrogens (tertiary/aromatic N) is 2. The van der Waals surface area contributed by atoms with Crippen molar-refractivity contribution in [2.45, 2.75) is 13.5 Å². The molecule has 1 aromatic heterocycles. The summed E-state index contributed by atoms with van der Waals surface area (Å²) in [5.74, 6) is 1.04. The lowest BCUT2D eigenvalue weighted by molar-refractivity contribution is 0.274. The fourth-order valence-corrected chi connectivity index (χ4v) is 1.93. The molecule has 2 aromatic rings. The lowest BCUT2D eigenvalue weighted by atomic mass is 10.2. The van der Waals surface area contributed by atoms with Gasteiger partial charge in [-0.2, -0.15) is 5.10 Å². The lowest BCUT2D eigenvalue weighted by Gasteiger charge is -2.08. The minimum atomic E-state index is -0.129. The maximum atomic E-state index is 9.31. The van der Waals surface area contributed by atoms with Gasteiger partial charge in [0.15, 0.2) is 0 Å². The van der Waals surface area contributed by atoms with E-state index in [0.717, 1.165) is 5.69 Å². The second kappa shape index (κ2) is 5.18. The third-order valence-corrected chi connectivity index (χ3v) is 3.29. The van der Waals surface area contributed by atoms with Crippen molar-refractivity contribution >= 4 is 23.2 Å². The maximum Gasteiger partial charge on any atom is 0.223 e. The zero-order valence-corrected chi connectivity index (χ0v) is 11.5. The predicted octanol–water partition coefficient (Wildman–Crippen LogP) is 3.32. The van der Waals surface area contributed by atoms with E-state index in [9.17, 15) is 5.11 Å². The topological polar surface area (TPSA) is 47.3 Å². The average molecular weight is 287 g/mol. The van der Waals surface area contributed by atoms with Gasteiger partial charge < -0.3 is 9.84 Å². The molecule has 18 heavy (non-hydrogen) atoms. The first-order valence-corrected chi connectivity index (χ1v) is 6.04. The molecule has 0 saturated heterocycles. The van der Waals surface area contributed by atoms with Gasteiger partial charge in [0.25, 0.3) is 0 Å². The zero-order chi connectivity index (χ0) is 13.3. The summed E-state index contributed by atoms with van der Waals surface area (Å²) in [6.45, 7) is 1.68. The first kappa shape index (κ1) is 13.2. The Bertz CT molecular complexity index is 582. The number of rotatable bonds is 3. The van der Waals surface area contributed by atoms with E-state index in [4.69, 9.17) is 27.9 Å². The highest BCUT2D eigenvalue weighted by Gasteiger charge is 2.14. The first-order valence-electron chi connectivity index (χ1n) is 5.29. The van der Waals surface area contributed by atoms with Crippen LogP contribution in [-0.2, 0) is 13.7 Å². The highest BCUT2D eigenvalue weighted by atomic mass is 35.5. The third-order valence-electron chi connectivity index (χ3n) is 2.55. The number of benzene rings is 1. The van der Waals surface area contributed by atoms with E-state index in [0.29, 0.717) is 27.2 Å². The summed E-state index contributed by atoms with van der Waals surface area (Å²) >= 11 is 11.7. The summed E-state index contributed by atoms with van der Waals surface area (Å²) in [5, 5.41) is 14.4. The Balaban J connectivity index is 2.36. The van der Waals surface area contributed by atoms with Crippen LogP contribution < -0.4 is 4.74 Å². The van der Waals surface area contributed by atoms with Crippen molar-refractivity contribution < 1.29 is 9.84 Å². The first-order chi connectivity index (χ1) is 8.52. The molecule has 0 aliphatic rings. The van der Waals surface area contributed by atoms with Gasteiger partial charge in [-0.05, 0) is 19.1 Å². The van der Waals surface area contributed by atoms with Crippen molar-refractivity contribution in [1.82, 2.24) is 9.78 Å². The van der Waals surface area contributed by atoms with Gasteiger partial charge in [-0.3, -0.25) is 0 Å². The third kappa shape index (κ3) is 2.46. The van der Waals surface area contributed by atoms with E-state index >= 15 is 0 Å². The molecule has 0 bridgehead atoms. The van der Waals surface area contributed by atoms with Crippen molar-refractivity contribution in [3.63, 3.8) is 0 Å². The molecule has 0 aliphatic heterocycles. The second-order valence-electron chi connectivity index (χ2n) is 3.83. The Morgan fingerprint density at radius 3 is 2.67 bits per heavy atom. The Morgan fingerprint density at radius 2 is 2.06 bits per heavy atom. The molecule has 4 nitrogen and oxygen atoms in total. The number of aliphatic hydroxyl groups excluding tert-OH is 1. The summed E-state index contributed by atoms with van der Waals surface area (Å²) in [6, 6.07) is 4.98. The van der Waals surface area contributed by atoms with Gasteiger partial charge >= 0.3 is 0 Å². The van der Waals surface area contributed by atoms with Crippen molar-refractivity contribution in [3.8, 4) is 11.6 Å². The molecule has 1 heterocycles. The molecule has 0 fully saturated rings. The molecule has 0 unspecified atom stereocenters. The molecule has 0 aliphatic carbocycles. The van der Waals surface area contributed by atoms with E-state index in [1.165, 1.54) is 0 Å². The lowest BCUT2D eigenvalue weighted by Crippen LogP contribution is -1.97. The molecule has 96 valence electrons. The molecular weight excluding hydrogens is 275 g/mol. The predicted molar refractivity (Wildman–Crippen MR) is 70.4 cm³/mol. The van der Waals surface area contributed by atoms with Crippen LogP contribution in [-0.4, -0.2) is 14.9 Å². The molecule has 2 rings (SSSR count). The van der Waals surface area contributed by atoms with Crippen LogP contribution in [0.2, 0.25) is 10.0 Å². The van der Waals surface area contributed by atoms with Gasteiger partial charge in [-0.15, -0.1) is 0 Å². The summed E-state index contributed by atoms with van der Waals surface area (Å²) in [7, 11) is 1.75. The quantitative estimate of drug-likeness (QED) is 0.942. The van der Waals surface area contributed by atoms with E-state index < -0.39 is 0 Å². The molecule has 0 radical (unpaired) electrons. The van der Waals surface area contributed by atoms with Gasteiger partial charge in [0.1, 0.15) is 5.75 Å². The number of aromatic nitrogens is 2. The number of hydrogen-bond acceptors (Lipinski definition) is 3. The highest BCUT2D eigenvalue weighted by Crippen LogP contribution is 2.31. The molecule has 1 N–H and O–H groups in total. The Morgan fingerprint density at radius 1 is 1.33 bits per heavy atom. The van der Waals surface area contributed by atoms with Crippen molar-refractivity contribution in [1.29, 1.82) is 0 Å². The van der Waals surface area contributed by atoms with Crippen LogP contribution in [0.15, 0.2) is 18.2 Å². The van der Waals surface area contributed by atoms with Crippen LogP contribution in [0.4, 0.5) is 0 Å². The van der Waals surface area contributed by atoms with E-state index in [1.54, 1.807) is 29.9 Å². The fourth-order valence-electron chi connectivity index (χ4n) is 1.64. The van der Waals surface area contributed by atoms with Crippen LogP contribution in [0.25, 0.3) is 0 Å². The SMILES string of the molecule is Cc1nn(C)c(Oc2ccc(Cl)c(Cl)c2)c1CO. The summed E-state index contributed by atoms with van der Waals surface area (Å²) < 4.78 is 7.26. The van der Waals surface area contributed by atoms with Gasteiger partial charge in [0.2, 0.25) is 5.88 Å². The molecular formula is C12H12Cl2N2O2. The largest absolute Gasteiger partial charge is 0.439 e. The van der Waals surface area contributed by atoms with Crippen molar-refractivity contribution in [3.05, 3.63) is 39.5 Å². The molecule has 0 saturated carbocycles. The summed E-state index contributed by atoms with van der Waals surface area (Å²) in [5.41, 5.74) is 1.39. The van der Waals surface area contributed by atoms with Crippen LogP contribution in [0.3, 0.4) is 0 Å². The monoisotopic (exact) mass is 286 g/mol. The molecule has 6 heteroatoms. The van der Waals surface area contributed by atoms with Gasteiger partial charge in [-0.1, -0.05) is 23.2 Å². The van der Waals surface area contributed by atoms with Crippen LogP contribution in [0.5, 0.6) is 11.6 Å². The summed E-state index contributed by atoms with van der Waals surface area (Å²) in [6.07, 6.45) is 0. The van der Waals surface area contributed by atoms with Crippen LogP contribution in [0, 0.1) is 6.92 Å². The minimum Gasteiger partial charge on any atom is -0.439 e. The van der Waals surface area contributed by atoms with Crippen LogP contribution in [0.1, 0.15) is 11.3 Å². The van der Waals surface area contributed by atoms with Gasteiger partial charge in [0.05, 0.1) is 27.9 Å². The maximum absolute atomic E-state index is 9.31. The number of aryl methyl sites for hydroxylation is 2. The molecule has 1 aromatic carbocycles. The van der Waals surface area contributed by atoms with Crippen molar-refractivity contribution in [2.75, 3.05) is 0 Å².